The van der Waals surface area contributed by atoms with Crippen LogP contribution in [0.25, 0.3) is 44.9 Å². The van der Waals surface area contributed by atoms with Gasteiger partial charge in [0.15, 0.2) is 17.5 Å². The third-order valence-electron chi connectivity index (χ3n) is 10.8. The average Bonchev–Trinajstić information content (AvgIpc) is 3.19. The highest BCUT2D eigenvalue weighted by molar-refractivity contribution is 5.87. The van der Waals surface area contributed by atoms with E-state index in [9.17, 15) is 0 Å². The van der Waals surface area contributed by atoms with Gasteiger partial charge in [-0.2, -0.15) is 0 Å². The molecule has 0 unspecified atom stereocenters. The predicted octanol–water partition coefficient (Wildman–Crippen LogP) is 11.2. The molecule has 0 saturated heterocycles. The normalized spacial score (nSPS) is 14.5. The molecule has 1 aliphatic carbocycles. The van der Waals surface area contributed by atoms with Crippen molar-refractivity contribution in [2.45, 2.75) is 24.7 Å². The number of fused-ring (bicyclic) bond motifs is 9. The first-order valence-corrected chi connectivity index (χ1v) is 17.5. The van der Waals surface area contributed by atoms with Crippen LogP contribution in [0.1, 0.15) is 47.2 Å². The van der Waals surface area contributed by atoms with E-state index in [1.54, 1.807) is 0 Å². The van der Waals surface area contributed by atoms with E-state index in [1.807, 2.05) is 18.2 Å². The lowest BCUT2D eigenvalue weighted by atomic mass is 9.53. The van der Waals surface area contributed by atoms with Gasteiger partial charge in [0.25, 0.3) is 0 Å². The molecule has 8 aromatic rings. The zero-order valence-electron chi connectivity index (χ0n) is 28.3. The summed E-state index contributed by atoms with van der Waals surface area (Å²) < 4.78 is 6.68. The van der Waals surface area contributed by atoms with Crippen LogP contribution in [-0.4, -0.2) is 15.0 Å². The van der Waals surface area contributed by atoms with E-state index >= 15 is 0 Å². The van der Waals surface area contributed by atoms with E-state index < -0.39 is 5.41 Å². The first kappa shape index (κ1) is 29.5. The van der Waals surface area contributed by atoms with Gasteiger partial charge in [0.1, 0.15) is 11.5 Å². The fourth-order valence-corrected chi connectivity index (χ4v) is 8.52. The molecular formula is C47H33N3O. The molecule has 0 N–H and O–H groups in total. The Labute approximate surface area is 297 Å². The van der Waals surface area contributed by atoms with Crippen molar-refractivity contribution in [3.8, 4) is 45.7 Å². The topological polar surface area (TPSA) is 47.9 Å². The summed E-state index contributed by atoms with van der Waals surface area (Å²) in [6.07, 6.45) is 0. The van der Waals surface area contributed by atoms with Crippen LogP contribution in [0, 0.1) is 0 Å². The Morgan fingerprint density at radius 3 is 1.69 bits per heavy atom. The molecule has 2 heterocycles. The fraction of sp³-hybridized carbons (Fsp3) is 0.0851. The highest BCUT2D eigenvalue weighted by atomic mass is 16.5. The molecule has 10 rings (SSSR count). The van der Waals surface area contributed by atoms with E-state index in [1.165, 1.54) is 27.6 Å². The Morgan fingerprint density at radius 1 is 0.412 bits per heavy atom. The second kappa shape index (κ2) is 11.1. The maximum absolute atomic E-state index is 6.68. The lowest BCUT2D eigenvalue weighted by Crippen LogP contribution is -2.43. The highest BCUT2D eigenvalue weighted by Crippen LogP contribution is 2.62. The van der Waals surface area contributed by atoms with Crippen LogP contribution in [-0.2, 0) is 10.8 Å². The summed E-state index contributed by atoms with van der Waals surface area (Å²) in [6, 6.07) is 57.6. The molecule has 0 saturated carbocycles. The zero-order valence-corrected chi connectivity index (χ0v) is 28.3. The van der Waals surface area contributed by atoms with Gasteiger partial charge in [0.05, 0.1) is 5.41 Å². The monoisotopic (exact) mass is 655 g/mol. The van der Waals surface area contributed by atoms with Crippen LogP contribution in [0.4, 0.5) is 0 Å². The molecule has 0 bridgehead atoms. The highest BCUT2D eigenvalue weighted by Gasteiger charge is 2.54. The van der Waals surface area contributed by atoms with Crippen LogP contribution in [0.3, 0.4) is 0 Å². The maximum Gasteiger partial charge on any atom is 0.164 e. The summed E-state index contributed by atoms with van der Waals surface area (Å²) >= 11 is 0. The number of ether oxygens (including phenoxy) is 1. The molecule has 4 nitrogen and oxygen atoms in total. The van der Waals surface area contributed by atoms with Crippen LogP contribution >= 0.6 is 0 Å². The Kier molecular flexibility index (Phi) is 6.40. The van der Waals surface area contributed by atoms with Gasteiger partial charge in [-0.25, -0.2) is 15.0 Å². The number of hydrogen-bond acceptors (Lipinski definition) is 4. The molecule has 242 valence electrons. The molecule has 2 aliphatic rings. The number of para-hydroxylation sites is 2. The minimum Gasteiger partial charge on any atom is -0.457 e. The van der Waals surface area contributed by atoms with Crippen LogP contribution in [0.15, 0.2) is 164 Å². The summed E-state index contributed by atoms with van der Waals surface area (Å²) in [7, 11) is 0. The van der Waals surface area contributed by atoms with E-state index in [0.29, 0.717) is 17.5 Å². The summed E-state index contributed by atoms with van der Waals surface area (Å²) in [6.45, 7) is 4.67. The molecule has 7 aromatic carbocycles. The molecule has 0 fully saturated rings. The van der Waals surface area contributed by atoms with E-state index in [0.717, 1.165) is 44.7 Å². The van der Waals surface area contributed by atoms with E-state index in [4.69, 9.17) is 19.7 Å². The van der Waals surface area contributed by atoms with Crippen molar-refractivity contribution in [1.82, 2.24) is 15.0 Å². The van der Waals surface area contributed by atoms with Crippen molar-refractivity contribution in [1.29, 1.82) is 0 Å². The molecule has 1 aliphatic heterocycles. The van der Waals surface area contributed by atoms with Crippen LogP contribution in [0.2, 0.25) is 0 Å². The van der Waals surface area contributed by atoms with Gasteiger partial charge in [0.2, 0.25) is 0 Å². The van der Waals surface area contributed by atoms with Crippen molar-refractivity contribution < 1.29 is 4.74 Å². The van der Waals surface area contributed by atoms with Crippen LogP contribution in [0.5, 0.6) is 11.5 Å². The van der Waals surface area contributed by atoms with Gasteiger partial charge in [-0.05, 0) is 51.2 Å². The lowest BCUT2D eigenvalue weighted by Gasteiger charge is -2.50. The first-order chi connectivity index (χ1) is 25.0. The standard InChI is InChI=1S/C47H33N3O/c1-46(2)35-20-8-9-21-36(35)47(37-22-10-12-25-40(37)51-41-26-13-11-23-38(41)47)42-34(19-14-24-39(42)46)45-49-43(31-16-4-3-5-17-31)48-44(50-45)33-28-27-30-15-6-7-18-32(30)29-33/h3-29H,1-2H3. The summed E-state index contributed by atoms with van der Waals surface area (Å²) in [5.74, 6) is 3.62. The van der Waals surface area contributed by atoms with Crippen molar-refractivity contribution >= 4 is 10.8 Å². The largest absolute Gasteiger partial charge is 0.457 e. The Hall–Kier alpha value is -6.39. The second-order valence-electron chi connectivity index (χ2n) is 14.0. The molecule has 4 heteroatoms. The lowest BCUT2D eigenvalue weighted by molar-refractivity contribution is 0.425. The van der Waals surface area contributed by atoms with Crippen molar-refractivity contribution in [2.24, 2.45) is 0 Å². The molecule has 51 heavy (non-hydrogen) atoms. The smallest absolute Gasteiger partial charge is 0.164 e. The molecule has 1 aromatic heterocycles. The molecule has 1 spiro atoms. The van der Waals surface area contributed by atoms with Gasteiger partial charge in [-0.15, -0.1) is 0 Å². The molecular weight excluding hydrogens is 623 g/mol. The zero-order chi connectivity index (χ0) is 34.2. The third-order valence-corrected chi connectivity index (χ3v) is 10.8. The van der Waals surface area contributed by atoms with E-state index in [2.05, 4.69) is 159 Å². The van der Waals surface area contributed by atoms with Gasteiger partial charge in [-0.1, -0.05) is 159 Å². The van der Waals surface area contributed by atoms with Crippen molar-refractivity contribution in [3.05, 3.63) is 197 Å². The predicted molar refractivity (Wildman–Crippen MR) is 204 cm³/mol. The number of hydrogen-bond donors (Lipinski definition) is 0. The molecule has 0 amide bonds. The van der Waals surface area contributed by atoms with Crippen molar-refractivity contribution in [3.63, 3.8) is 0 Å². The summed E-state index contributed by atoms with van der Waals surface area (Å²) in [5, 5.41) is 2.32. The van der Waals surface area contributed by atoms with Crippen molar-refractivity contribution in [2.75, 3.05) is 0 Å². The van der Waals surface area contributed by atoms with Crippen LogP contribution < -0.4 is 4.74 Å². The number of benzene rings is 7. The van der Waals surface area contributed by atoms with Gasteiger partial charge in [0, 0.05) is 33.2 Å². The number of rotatable bonds is 3. The Morgan fingerprint density at radius 2 is 0.961 bits per heavy atom. The minimum absolute atomic E-state index is 0.314. The molecule has 0 radical (unpaired) electrons. The Balaban J connectivity index is 1.34. The van der Waals surface area contributed by atoms with Gasteiger partial charge >= 0.3 is 0 Å². The van der Waals surface area contributed by atoms with Gasteiger partial charge in [-0.3, -0.25) is 0 Å². The summed E-state index contributed by atoms with van der Waals surface area (Å²) in [4.78, 5) is 15.8. The minimum atomic E-state index is -0.702. The second-order valence-corrected chi connectivity index (χ2v) is 14.0. The number of nitrogens with zero attached hydrogens (tertiary/aromatic N) is 3. The SMILES string of the molecule is CC1(C)c2ccccc2C2(c3ccccc3Oc3ccccc32)c2c(-c3nc(-c4ccccc4)nc(-c4ccc5ccccc5c4)n3)cccc21. The van der Waals surface area contributed by atoms with Gasteiger partial charge < -0.3 is 4.74 Å². The quantitative estimate of drug-likeness (QED) is 0.190. The average molecular weight is 656 g/mol. The summed E-state index contributed by atoms with van der Waals surface area (Å²) in [5.41, 5.74) is 8.99. The van der Waals surface area contributed by atoms with E-state index in [-0.39, 0.29) is 5.41 Å². The first-order valence-electron chi connectivity index (χ1n) is 17.5. The maximum atomic E-state index is 6.68. The number of aromatic nitrogens is 3. The molecule has 0 atom stereocenters. The fourth-order valence-electron chi connectivity index (χ4n) is 8.52. The third kappa shape index (κ3) is 4.29. The Bertz CT molecular complexity index is 2620.